The highest BCUT2D eigenvalue weighted by molar-refractivity contribution is 5.91. The maximum atomic E-state index is 12.0. The van der Waals surface area contributed by atoms with E-state index in [-0.39, 0.29) is 23.8 Å². The lowest BCUT2D eigenvalue weighted by molar-refractivity contribution is -0.142. The molecule has 1 aliphatic heterocycles. The Bertz CT molecular complexity index is 533. The van der Waals surface area contributed by atoms with E-state index in [1.165, 1.54) is 0 Å². The molecule has 0 saturated carbocycles. The molecule has 0 bridgehead atoms. The monoisotopic (exact) mass is 295 g/mol. The summed E-state index contributed by atoms with van der Waals surface area (Å²) in [6.45, 7) is 6.66. The molecule has 1 aromatic rings. The van der Waals surface area contributed by atoms with Crippen molar-refractivity contribution in [3.63, 3.8) is 0 Å². The minimum Gasteiger partial charge on any atom is -0.480 e. The molecule has 7 nitrogen and oxygen atoms in total. The van der Waals surface area contributed by atoms with Crippen molar-refractivity contribution >= 4 is 17.8 Å². The smallest absolute Gasteiger partial charge is 0.320 e. The van der Waals surface area contributed by atoms with Gasteiger partial charge >= 0.3 is 5.97 Å². The van der Waals surface area contributed by atoms with Gasteiger partial charge in [-0.3, -0.25) is 19.8 Å². The molecule has 0 radical (unpaired) electrons. The van der Waals surface area contributed by atoms with Crippen LogP contribution in [0.25, 0.3) is 0 Å². The molecule has 21 heavy (non-hydrogen) atoms. The second-order valence-corrected chi connectivity index (χ2v) is 6.34. The Kier molecular flexibility index (Phi) is 4.32. The number of aliphatic carboxylic acids is 1. The van der Waals surface area contributed by atoms with Gasteiger partial charge in [0.2, 0.25) is 11.8 Å². The van der Waals surface area contributed by atoms with Crippen LogP contribution in [0, 0.1) is 0 Å². The third-order valence-corrected chi connectivity index (χ3v) is 3.54. The number of carbonyl (C=O) groups excluding carboxylic acids is 1. The van der Waals surface area contributed by atoms with Gasteiger partial charge in [-0.15, -0.1) is 0 Å². The molecule has 2 rings (SSSR count). The number of carbonyl (C=O) groups is 2. The molecule has 7 heteroatoms. The topological polar surface area (TPSA) is 95.7 Å². The standard InChI is InChI=1S/C14H21N3O4/c1-14(2,3)10-7-12(21-16-10)15-11(18)8-17-6-4-5-9(17)13(19)20/h7,9H,4-6,8H2,1-3H3,(H,15,18)(H,19,20)/t9-/m1/s1. The fraction of sp³-hybridized carbons (Fsp3) is 0.643. The number of nitrogens with zero attached hydrogens (tertiary/aromatic N) is 2. The Morgan fingerprint density at radius 2 is 2.24 bits per heavy atom. The molecule has 0 aromatic carbocycles. The van der Waals surface area contributed by atoms with E-state index in [4.69, 9.17) is 9.63 Å². The maximum Gasteiger partial charge on any atom is 0.320 e. The number of likely N-dealkylation sites (tertiary alicyclic amines) is 1. The zero-order valence-corrected chi connectivity index (χ0v) is 12.5. The minimum absolute atomic E-state index is 0.0442. The summed E-state index contributed by atoms with van der Waals surface area (Å²) in [4.78, 5) is 24.7. The summed E-state index contributed by atoms with van der Waals surface area (Å²) < 4.78 is 5.08. The van der Waals surface area contributed by atoms with Gasteiger partial charge in [-0.25, -0.2) is 0 Å². The van der Waals surface area contributed by atoms with E-state index < -0.39 is 12.0 Å². The van der Waals surface area contributed by atoms with Gasteiger partial charge in [-0.05, 0) is 19.4 Å². The van der Waals surface area contributed by atoms with Crippen LogP contribution in [0.1, 0.15) is 39.3 Å². The lowest BCUT2D eigenvalue weighted by atomic mass is 9.92. The van der Waals surface area contributed by atoms with E-state index in [1.807, 2.05) is 20.8 Å². The Morgan fingerprint density at radius 3 is 2.81 bits per heavy atom. The second-order valence-electron chi connectivity index (χ2n) is 6.34. The largest absolute Gasteiger partial charge is 0.480 e. The first-order valence-electron chi connectivity index (χ1n) is 7.01. The molecule has 1 atom stereocenters. The van der Waals surface area contributed by atoms with Gasteiger partial charge in [0, 0.05) is 11.5 Å². The number of carboxylic acid groups (broad SMARTS) is 1. The zero-order chi connectivity index (χ0) is 15.6. The van der Waals surface area contributed by atoms with Crippen LogP contribution in [-0.4, -0.2) is 46.2 Å². The van der Waals surface area contributed by atoms with Gasteiger partial charge in [0.25, 0.3) is 0 Å². The van der Waals surface area contributed by atoms with E-state index >= 15 is 0 Å². The quantitative estimate of drug-likeness (QED) is 0.873. The molecule has 0 aliphatic carbocycles. The Hall–Kier alpha value is -1.89. The third kappa shape index (κ3) is 3.81. The summed E-state index contributed by atoms with van der Waals surface area (Å²) in [7, 11) is 0. The Labute approximate surface area is 123 Å². The number of hydrogen-bond acceptors (Lipinski definition) is 5. The molecule has 1 amide bonds. The van der Waals surface area contributed by atoms with Crippen molar-refractivity contribution in [3.05, 3.63) is 11.8 Å². The predicted molar refractivity (Wildman–Crippen MR) is 76.1 cm³/mol. The van der Waals surface area contributed by atoms with Crippen LogP contribution in [0.4, 0.5) is 5.88 Å². The first kappa shape index (κ1) is 15.5. The molecule has 2 heterocycles. The van der Waals surface area contributed by atoms with Crippen LogP contribution in [0.3, 0.4) is 0 Å². The van der Waals surface area contributed by atoms with Crippen molar-refractivity contribution < 1.29 is 19.2 Å². The first-order chi connectivity index (χ1) is 9.77. The predicted octanol–water partition coefficient (Wildman–Crippen LogP) is 1.46. The van der Waals surface area contributed by atoms with Gasteiger partial charge in [0.05, 0.1) is 12.2 Å². The summed E-state index contributed by atoms with van der Waals surface area (Å²) in [6, 6.07) is 1.12. The second kappa shape index (κ2) is 5.85. The van der Waals surface area contributed by atoms with Gasteiger partial charge in [-0.1, -0.05) is 25.9 Å². The summed E-state index contributed by atoms with van der Waals surface area (Å²) in [5, 5.41) is 15.6. The van der Waals surface area contributed by atoms with Crippen molar-refractivity contribution in [2.24, 2.45) is 0 Å². The Morgan fingerprint density at radius 1 is 1.52 bits per heavy atom. The van der Waals surface area contributed by atoms with Crippen molar-refractivity contribution in [3.8, 4) is 0 Å². The molecule has 1 aliphatic rings. The fourth-order valence-corrected chi connectivity index (χ4v) is 2.34. The van der Waals surface area contributed by atoms with Crippen molar-refractivity contribution in [1.82, 2.24) is 10.1 Å². The average Bonchev–Trinajstić information content (AvgIpc) is 2.96. The van der Waals surface area contributed by atoms with Gasteiger partial charge in [-0.2, -0.15) is 0 Å². The lowest BCUT2D eigenvalue weighted by Gasteiger charge is -2.19. The zero-order valence-electron chi connectivity index (χ0n) is 12.5. The number of rotatable bonds is 4. The van der Waals surface area contributed by atoms with Crippen LogP contribution in [0.15, 0.2) is 10.6 Å². The number of carboxylic acids is 1. The minimum atomic E-state index is -0.880. The van der Waals surface area contributed by atoms with Gasteiger partial charge < -0.3 is 9.63 Å². The number of aromatic nitrogens is 1. The SMILES string of the molecule is CC(C)(C)c1cc(NC(=O)CN2CCC[C@@H]2C(=O)O)on1. The van der Waals surface area contributed by atoms with Crippen LogP contribution in [0.2, 0.25) is 0 Å². The number of anilines is 1. The molecule has 1 aromatic heterocycles. The van der Waals surface area contributed by atoms with E-state index in [0.717, 1.165) is 12.1 Å². The normalized spacial score (nSPS) is 19.7. The van der Waals surface area contributed by atoms with Crippen molar-refractivity contribution in [2.75, 3.05) is 18.4 Å². The summed E-state index contributed by atoms with van der Waals surface area (Å²) in [5.74, 6) is -0.884. The van der Waals surface area contributed by atoms with Crippen molar-refractivity contribution in [1.29, 1.82) is 0 Å². The highest BCUT2D eigenvalue weighted by Gasteiger charge is 2.31. The number of nitrogens with one attached hydrogen (secondary N) is 1. The Balaban J connectivity index is 1.93. The molecular formula is C14H21N3O4. The molecule has 0 spiro atoms. The van der Waals surface area contributed by atoms with E-state index in [0.29, 0.717) is 13.0 Å². The van der Waals surface area contributed by atoms with Crippen molar-refractivity contribution in [2.45, 2.75) is 45.1 Å². The molecule has 116 valence electrons. The first-order valence-corrected chi connectivity index (χ1v) is 7.01. The van der Waals surface area contributed by atoms with Crippen LogP contribution in [0.5, 0.6) is 0 Å². The summed E-state index contributed by atoms with van der Waals surface area (Å²) in [5.41, 5.74) is 0.595. The molecule has 0 unspecified atom stereocenters. The van der Waals surface area contributed by atoms with Crippen LogP contribution < -0.4 is 5.32 Å². The highest BCUT2D eigenvalue weighted by Crippen LogP contribution is 2.23. The van der Waals surface area contributed by atoms with E-state index in [9.17, 15) is 9.59 Å². The fourth-order valence-electron chi connectivity index (χ4n) is 2.34. The molecule has 1 saturated heterocycles. The summed E-state index contributed by atoms with van der Waals surface area (Å²) in [6.07, 6.45) is 1.37. The van der Waals surface area contributed by atoms with Gasteiger partial charge in [0.1, 0.15) is 6.04 Å². The van der Waals surface area contributed by atoms with Gasteiger partial charge in [0.15, 0.2) is 0 Å². The summed E-state index contributed by atoms with van der Waals surface area (Å²) >= 11 is 0. The highest BCUT2D eigenvalue weighted by atomic mass is 16.5. The third-order valence-electron chi connectivity index (χ3n) is 3.54. The van der Waals surface area contributed by atoms with Crippen LogP contribution in [-0.2, 0) is 15.0 Å². The average molecular weight is 295 g/mol. The molecule has 2 N–H and O–H groups in total. The maximum absolute atomic E-state index is 12.0. The van der Waals surface area contributed by atoms with E-state index in [1.54, 1.807) is 11.0 Å². The molecule has 1 fully saturated rings. The van der Waals surface area contributed by atoms with Crippen LogP contribution >= 0.6 is 0 Å². The lowest BCUT2D eigenvalue weighted by Crippen LogP contribution is -2.40. The van der Waals surface area contributed by atoms with E-state index in [2.05, 4.69) is 10.5 Å². The molecular weight excluding hydrogens is 274 g/mol. The number of hydrogen-bond donors (Lipinski definition) is 2. The number of amides is 1.